The van der Waals surface area contributed by atoms with Crippen molar-refractivity contribution < 1.29 is 38.1 Å². The summed E-state index contributed by atoms with van der Waals surface area (Å²) in [5.74, 6) is -5.17. The molecule has 0 atom stereocenters. The van der Waals surface area contributed by atoms with Gasteiger partial charge in [0, 0.05) is 48.7 Å². The number of carbonyl (C=O) groups is 4. The summed E-state index contributed by atoms with van der Waals surface area (Å²) in [4.78, 5) is 49.7. The van der Waals surface area contributed by atoms with Crippen LogP contribution in [0.5, 0.6) is 0 Å². The summed E-state index contributed by atoms with van der Waals surface area (Å²) in [6.45, 7) is 0. The first kappa shape index (κ1) is 18.9. The van der Waals surface area contributed by atoms with E-state index in [1.165, 1.54) is 0 Å². The summed E-state index contributed by atoms with van der Waals surface area (Å²) >= 11 is 3.40. The lowest BCUT2D eigenvalue weighted by Crippen LogP contribution is -2.55. The van der Waals surface area contributed by atoms with Gasteiger partial charge in [-0.3, -0.25) is 19.2 Å². The van der Waals surface area contributed by atoms with E-state index in [4.69, 9.17) is 18.9 Å². The lowest BCUT2D eigenvalue weighted by atomic mass is 9.91. The summed E-state index contributed by atoms with van der Waals surface area (Å²) in [6, 6.07) is 0. The minimum atomic E-state index is -1.33. The molecule has 2 spiro atoms. The molecule has 27 heavy (non-hydrogen) atoms. The lowest BCUT2D eigenvalue weighted by Gasteiger charge is -2.42. The molecule has 4 heterocycles. The third-order valence-corrected chi connectivity index (χ3v) is 7.24. The van der Waals surface area contributed by atoms with Crippen molar-refractivity contribution in [3.63, 3.8) is 0 Å². The zero-order valence-corrected chi connectivity index (χ0v) is 16.2. The third kappa shape index (κ3) is 3.65. The number of hydrogen-bond acceptors (Lipinski definition) is 10. The Labute approximate surface area is 164 Å². The predicted octanol–water partition coefficient (Wildman–Crippen LogP) is 1.26. The van der Waals surface area contributed by atoms with Crippen LogP contribution in [0, 0.1) is 11.8 Å². The van der Waals surface area contributed by atoms with Crippen molar-refractivity contribution >= 4 is 47.4 Å². The highest BCUT2D eigenvalue weighted by atomic mass is 32.2. The van der Waals surface area contributed by atoms with E-state index >= 15 is 0 Å². The highest BCUT2D eigenvalue weighted by Gasteiger charge is 2.54. The summed E-state index contributed by atoms with van der Waals surface area (Å²) in [7, 11) is 0. The van der Waals surface area contributed by atoms with Crippen molar-refractivity contribution in [3.05, 3.63) is 0 Å². The monoisotopic (exact) mass is 416 g/mol. The maximum atomic E-state index is 12.4. The molecule has 10 heteroatoms. The first-order valence-electron chi connectivity index (χ1n) is 8.99. The Morgan fingerprint density at radius 2 is 0.926 bits per heavy atom. The highest BCUT2D eigenvalue weighted by Crippen LogP contribution is 2.40. The van der Waals surface area contributed by atoms with Crippen LogP contribution in [0.1, 0.15) is 32.1 Å². The van der Waals surface area contributed by atoms with Gasteiger partial charge in [0.25, 0.3) is 11.6 Å². The molecular formula is C17H20O8S2. The van der Waals surface area contributed by atoms with Crippen LogP contribution in [0.4, 0.5) is 0 Å². The Balaban J connectivity index is 1.43. The van der Waals surface area contributed by atoms with Crippen molar-refractivity contribution in [2.24, 2.45) is 11.8 Å². The van der Waals surface area contributed by atoms with Gasteiger partial charge in [-0.05, 0) is 6.42 Å². The minimum absolute atomic E-state index is 0.356. The molecule has 4 aliphatic rings. The van der Waals surface area contributed by atoms with Gasteiger partial charge < -0.3 is 18.9 Å². The van der Waals surface area contributed by atoms with Gasteiger partial charge in [0.05, 0.1) is 0 Å². The van der Waals surface area contributed by atoms with E-state index in [0.29, 0.717) is 25.7 Å². The first-order valence-corrected chi connectivity index (χ1v) is 11.3. The van der Waals surface area contributed by atoms with E-state index in [9.17, 15) is 19.2 Å². The Bertz CT molecular complexity index is 570. The summed E-state index contributed by atoms with van der Waals surface area (Å²) in [6.07, 6.45) is 1.41. The molecule has 0 aromatic carbocycles. The molecule has 0 aromatic heterocycles. The second-order valence-corrected chi connectivity index (χ2v) is 9.52. The summed E-state index contributed by atoms with van der Waals surface area (Å²) in [5.41, 5.74) is 0. The maximum absolute atomic E-state index is 12.4. The number of ether oxygens (including phenoxy) is 4. The van der Waals surface area contributed by atoms with Gasteiger partial charge in [0.15, 0.2) is 11.8 Å². The summed E-state index contributed by atoms with van der Waals surface area (Å²) < 4.78 is 21.7. The van der Waals surface area contributed by atoms with E-state index in [1.807, 2.05) is 0 Å². The Hall–Kier alpha value is -1.42. The van der Waals surface area contributed by atoms with Gasteiger partial charge in [-0.25, -0.2) is 0 Å². The van der Waals surface area contributed by atoms with Crippen LogP contribution < -0.4 is 0 Å². The molecule has 0 N–H and O–H groups in total. The Morgan fingerprint density at radius 1 is 0.630 bits per heavy atom. The molecule has 0 aliphatic carbocycles. The quantitative estimate of drug-likeness (QED) is 0.482. The zero-order chi connectivity index (χ0) is 19.1. The van der Waals surface area contributed by atoms with Crippen LogP contribution in [0.15, 0.2) is 0 Å². The normalized spacial score (nSPS) is 30.4. The molecule has 4 rings (SSSR count). The van der Waals surface area contributed by atoms with Crippen LogP contribution in [0.25, 0.3) is 0 Å². The van der Waals surface area contributed by atoms with Crippen molar-refractivity contribution in [2.75, 3.05) is 23.0 Å². The van der Waals surface area contributed by atoms with Gasteiger partial charge >= 0.3 is 23.9 Å². The highest BCUT2D eigenvalue weighted by molar-refractivity contribution is 7.99. The van der Waals surface area contributed by atoms with E-state index in [-0.39, 0.29) is 6.42 Å². The van der Waals surface area contributed by atoms with E-state index in [2.05, 4.69) is 0 Å². The van der Waals surface area contributed by atoms with E-state index in [0.717, 1.165) is 23.0 Å². The van der Waals surface area contributed by atoms with Crippen LogP contribution in [0.3, 0.4) is 0 Å². The van der Waals surface area contributed by atoms with Crippen LogP contribution in [-0.4, -0.2) is 58.5 Å². The van der Waals surface area contributed by atoms with Crippen molar-refractivity contribution in [2.45, 2.75) is 43.7 Å². The molecule has 0 saturated carbocycles. The molecule has 8 nitrogen and oxygen atoms in total. The third-order valence-electron chi connectivity index (χ3n) is 5.27. The van der Waals surface area contributed by atoms with Gasteiger partial charge in [0.2, 0.25) is 0 Å². The van der Waals surface area contributed by atoms with Crippen LogP contribution in [-0.2, 0) is 38.1 Å². The first-order chi connectivity index (χ1) is 12.9. The molecule has 148 valence electrons. The number of hydrogen-bond donors (Lipinski definition) is 0. The fourth-order valence-electron chi connectivity index (χ4n) is 3.65. The van der Waals surface area contributed by atoms with Crippen molar-refractivity contribution in [3.8, 4) is 0 Å². The molecule has 4 fully saturated rings. The SMILES string of the molecule is O=C1OC2(CCSCC2)OC(=O)C1CC1C(=O)OC2(CCSCC2)OC1=O. The van der Waals surface area contributed by atoms with Gasteiger partial charge in [-0.1, -0.05) is 0 Å². The van der Waals surface area contributed by atoms with Crippen LogP contribution in [0.2, 0.25) is 0 Å². The van der Waals surface area contributed by atoms with Crippen LogP contribution >= 0.6 is 23.5 Å². The molecule has 0 aromatic rings. The standard InChI is InChI=1S/C17H20O8S2/c18-12-10(13(19)23-16(22-12)1-5-26-6-2-16)9-11-14(20)24-17(25-15(11)21)3-7-27-8-4-17/h10-11H,1-9H2. The molecule has 4 aliphatic heterocycles. The second-order valence-electron chi connectivity index (χ2n) is 7.07. The average molecular weight is 416 g/mol. The Kier molecular flexibility index (Phi) is 5.04. The van der Waals surface area contributed by atoms with Gasteiger partial charge in [0.1, 0.15) is 0 Å². The number of esters is 4. The van der Waals surface area contributed by atoms with Gasteiger partial charge in [-0.15, -0.1) is 0 Å². The average Bonchev–Trinajstić information content (AvgIpc) is 2.61. The molecule has 0 unspecified atom stereocenters. The predicted molar refractivity (Wildman–Crippen MR) is 94.5 cm³/mol. The maximum Gasteiger partial charge on any atom is 0.323 e. The minimum Gasteiger partial charge on any atom is -0.422 e. The van der Waals surface area contributed by atoms with Gasteiger partial charge in [-0.2, -0.15) is 23.5 Å². The number of rotatable bonds is 2. The molecule has 0 radical (unpaired) electrons. The molecule has 0 amide bonds. The van der Waals surface area contributed by atoms with E-state index in [1.54, 1.807) is 23.5 Å². The molecular weight excluding hydrogens is 396 g/mol. The topological polar surface area (TPSA) is 105 Å². The molecule has 4 saturated heterocycles. The largest absolute Gasteiger partial charge is 0.422 e. The second kappa shape index (κ2) is 7.20. The lowest BCUT2D eigenvalue weighted by molar-refractivity contribution is -0.260. The smallest absolute Gasteiger partial charge is 0.323 e. The molecule has 0 bridgehead atoms. The fraction of sp³-hybridized carbons (Fsp3) is 0.765. The number of thioether (sulfide) groups is 2. The Morgan fingerprint density at radius 3 is 1.22 bits per heavy atom. The summed E-state index contributed by atoms with van der Waals surface area (Å²) in [5, 5.41) is 0. The fourth-order valence-corrected chi connectivity index (χ4v) is 5.88. The van der Waals surface area contributed by atoms with Crippen molar-refractivity contribution in [1.29, 1.82) is 0 Å². The zero-order valence-electron chi connectivity index (χ0n) is 14.6. The van der Waals surface area contributed by atoms with E-state index < -0.39 is 47.3 Å². The number of carbonyl (C=O) groups excluding carboxylic acids is 4. The van der Waals surface area contributed by atoms with Crippen molar-refractivity contribution in [1.82, 2.24) is 0 Å².